The van der Waals surface area contributed by atoms with Crippen LogP contribution in [0.1, 0.15) is 60.8 Å². The molecular weight excluding hydrogens is 346 g/mol. The van der Waals surface area contributed by atoms with E-state index >= 15 is 0 Å². The molecule has 0 rings (SSSR count). The van der Waals surface area contributed by atoms with E-state index in [1.807, 2.05) is 0 Å². The van der Waals surface area contributed by atoms with Gasteiger partial charge < -0.3 is 24.3 Å². The van der Waals surface area contributed by atoms with Gasteiger partial charge in [0.05, 0.1) is 46.2 Å². The summed E-state index contributed by atoms with van der Waals surface area (Å²) in [6, 6.07) is 0. The van der Waals surface area contributed by atoms with E-state index in [9.17, 15) is 4.79 Å². The second-order valence-corrected chi connectivity index (χ2v) is 9.17. The van der Waals surface area contributed by atoms with E-state index < -0.39 is 0 Å². The molecule has 0 unspecified atom stereocenters. The third-order valence-electron chi connectivity index (χ3n) is 3.78. The zero-order chi connectivity index (χ0) is 20.6. The Bertz CT molecular complexity index is 361. The third kappa shape index (κ3) is 23.3. The number of carbonyl (C=O) groups excluding carboxylic acids is 1. The van der Waals surface area contributed by atoms with Gasteiger partial charge in [-0.15, -0.1) is 0 Å². The Morgan fingerprint density at radius 3 is 1.48 bits per heavy atom. The molecule has 27 heavy (non-hydrogen) atoms. The summed E-state index contributed by atoms with van der Waals surface area (Å²) in [5.41, 5.74) is 0.553. The zero-order valence-corrected chi connectivity index (χ0v) is 18.5. The monoisotopic (exact) mass is 389 g/mol. The van der Waals surface area contributed by atoms with Gasteiger partial charge in [-0.25, -0.2) is 0 Å². The first-order valence-electron chi connectivity index (χ1n) is 10.2. The van der Waals surface area contributed by atoms with Gasteiger partial charge in [-0.3, -0.25) is 4.79 Å². The summed E-state index contributed by atoms with van der Waals surface area (Å²) in [5.74, 6) is 0.0401. The molecule has 0 radical (unpaired) electrons. The standard InChI is InChI=1S/C21H43NO5/c1-20(2,3)8-10-22-19(23)7-11-24-13-15-26-17-18-27-16-14-25-12-9-21(4,5)6/h7-18H2,1-6H3,(H,22,23). The van der Waals surface area contributed by atoms with Gasteiger partial charge in [0.1, 0.15) is 0 Å². The fourth-order valence-corrected chi connectivity index (χ4v) is 1.97. The second kappa shape index (κ2) is 15.3. The van der Waals surface area contributed by atoms with E-state index in [4.69, 9.17) is 18.9 Å². The van der Waals surface area contributed by atoms with Crippen LogP contribution in [0, 0.1) is 10.8 Å². The Labute approximate surface area is 166 Å². The first kappa shape index (κ1) is 26.3. The van der Waals surface area contributed by atoms with Crippen molar-refractivity contribution >= 4 is 5.91 Å². The highest BCUT2D eigenvalue weighted by atomic mass is 16.6. The average Bonchev–Trinajstić information content (AvgIpc) is 2.53. The quantitative estimate of drug-likeness (QED) is 0.410. The fraction of sp³-hybridized carbons (Fsp3) is 0.952. The van der Waals surface area contributed by atoms with Crippen LogP contribution in [0.5, 0.6) is 0 Å². The van der Waals surface area contributed by atoms with Gasteiger partial charge in [-0.1, -0.05) is 41.5 Å². The maximum absolute atomic E-state index is 11.6. The molecule has 1 N–H and O–H groups in total. The number of amides is 1. The van der Waals surface area contributed by atoms with Crippen molar-refractivity contribution in [3.8, 4) is 0 Å². The van der Waals surface area contributed by atoms with Crippen molar-refractivity contribution in [3.63, 3.8) is 0 Å². The van der Waals surface area contributed by atoms with E-state index in [-0.39, 0.29) is 11.3 Å². The molecule has 162 valence electrons. The molecule has 0 fully saturated rings. The average molecular weight is 390 g/mol. The van der Waals surface area contributed by atoms with Crippen LogP contribution in [-0.4, -0.2) is 65.3 Å². The molecule has 6 heteroatoms. The largest absolute Gasteiger partial charge is 0.379 e. The van der Waals surface area contributed by atoms with Crippen molar-refractivity contribution < 1.29 is 23.7 Å². The Morgan fingerprint density at radius 2 is 1.04 bits per heavy atom. The van der Waals surface area contributed by atoms with Crippen LogP contribution < -0.4 is 5.32 Å². The number of carbonyl (C=O) groups is 1. The van der Waals surface area contributed by atoms with Crippen LogP contribution in [-0.2, 0) is 23.7 Å². The van der Waals surface area contributed by atoms with Crippen molar-refractivity contribution in [2.75, 3.05) is 59.4 Å². The first-order valence-corrected chi connectivity index (χ1v) is 10.2. The maximum atomic E-state index is 11.6. The van der Waals surface area contributed by atoms with Crippen LogP contribution >= 0.6 is 0 Å². The number of rotatable bonds is 16. The van der Waals surface area contributed by atoms with Gasteiger partial charge in [0, 0.05) is 19.6 Å². The van der Waals surface area contributed by atoms with E-state index in [0.717, 1.165) is 19.4 Å². The lowest BCUT2D eigenvalue weighted by molar-refractivity contribution is -0.122. The van der Waals surface area contributed by atoms with Crippen LogP contribution in [0.3, 0.4) is 0 Å². The predicted octanol–water partition coefficient (Wildman–Crippen LogP) is 3.43. The third-order valence-corrected chi connectivity index (χ3v) is 3.78. The van der Waals surface area contributed by atoms with Gasteiger partial charge >= 0.3 is 0 Å². The minimum atomic E-state index is 0.0401. The molecule has 0 aromatic rings. The minimum absolute atomic E-state index is 0.0401. The van der Waals surface area contributed by atoms with E-state index in [1.54, 1.807) is 0 Å². The molecule has 0 saturated carbocycles. The lowest BCUT2D eigenvalue weighted by atomic mass is 9.92. The molecule has 6 nitrogen and oxygen atoms in total. The summed E-state index contributed by atoms with van der Waals surface area (Å²) in [6.45, 7) is 18.3. The van der Waals surface area contributed by atoms with E-state index in [1.165, 1.54) is 0 Å². The highest BCUT2D eigenvalue weighted by Crippen LogP contribution is 2.18. The molecule has 0 aliphatic heterocycles. The molecule has 0 spiro atoms. The lowest BCUT2D eigenvalue weighted by Crippen LogP contribution is -2.28. The molecule has 0 atom stereocenters. The number of ether oxygens (including phenoxy) is 4. The Hall–Kier alpha value is -0.690. The predicted molar refractivity (Wildman–Crippen MR) is 109 cm³/mol. The van der Waals surface area contributed by atoms with Crippen molar-refractivity contribution in [1.82, 2.24) is 5.32 Å². The van der Waals surface area contributed by atoms with Gasteiger partial charge in [0.25, 0.3) is 0 Å². The van der Waals surface area contributed by atoms with Gasteiger partial charge in [-0.05, 0) is 23.7 Å². The van der Waals surface area contributed by atoms with E-state index in [2.05, 4.69) is 46.9 Å². The second-order valence-electron chi connectivity index (χ2n) is 9.17. The zero-order valence-electron chi connectivity index (χ0n) is 18.5. The minimum Gasteiger partial charge on any atom is -0.379 e. The van der Waals surface area contributed by atoms with Gasteiger partial charge in [-0.2, -0.15) is 0 Å². The summed E-state index contributed by atoms with van der Waals surface area (Å²) in [7, 11) is 0. The highest BCUT2D eigenvalue weighted by Gasteiger charge is 2.10. The molecule has 0 heterocycles. The number of hydrogen-bond donors (Lipinski definition) is 1. The van der Waals surface area contributed by atoms with Gasteiger partial charge in [0.2, 0.25) is 5.91 Å². The van der Waals surface area contributed by atoms with Crippen LogP contribution in [0.25, 0.3) is 0 Å². The molecule has 0 aliphatic carbocycles. The lowest BCUT2D eigenvalue weighted by Gasteiger charge is -2.18. The summed E-state index contributed by atoms with van der Waals surface area (Å²) >= 11 is 0. The summed E-state index contributed by atoms with van der Waals surface area (Å²) in [4.78, 5) is 11.6. The topological polar surface area (TPSA) is 66.0 Å². The summed E-state index contributed by atoms with van der Waals surface area (Å²) < 4.78 is 21.8. The van der Waals surface area contributed by atoms with Crippen molar-refractivity contribution in [2.24, 2.45) is 10.8 Å². The molecule has 0 aromatic carbocycles. The molecule has 0 saturated heterocycles. The van der Waals surface area contributed by atoms with Crippen LogP contribution in [0.4, 0.5) is 0 Å². The maximum Gasteiger partial charge on any atom is 0.222 e. The molecule has 1 amide bonds. The summed E-state index contributed by atoms with van der Waals surface area (Å²) in [5, 5.41) is 2.91. The Balaban J connectivity index is 3.22. The van der Waals surface area contributed by atoms with Gasteiger partial charge in [0.15, 0.2) is 0 Å². The molecular formula is C21H43NO5. The van der Waals surface area contributed by atoms with Crippen LogP contribution in [0.15, 0.2) is 0 Å². The Morgan fingerprint density at radius 1 is 0.630 bits per heavy atom. The SMILES string of the molecule is CC(C)(C)CCNC(=O)CCOCCOCCOCCOCCC(C)(C)C. The Kier molecular flexibility index (Phi) is 14.9. The first-order chi connectivity index (χ1) is 12.6. The van der Waals surface area contributed by atoms with Crippen molar-refractivity contribution in [2.45, 2.75) is 60.8 Å². The molecule has 0 bridgehead atoms. The highest BCUT2D eigenvalue weighted by molar-refractivity contribution is 5.75. The molecule has 0 aromatic heterocycles. The smallest absolute Gasteiger partial charge is 0.222 e. The van der Waals surface area contributed by atoms with E-state index in [0.29, 0.717) is 64.6 Å². The normalized spacial score (nSPS) is 12.4. The number of hydrogen-bond acceptors (Lipinski definition) is 5. The van der Waals surface area contributed by atoms with Crippen molar-refractivity contribution in [3.05, 3.63) is 0 Å². The number of nitrogens with one attached hydrogen (secondary N) is 1. The fourth-order valence-electron chi connectivity index (χ4n) is 1.97. The van der Waals surface area contributed by atoms with Crippen LogP contribution in [0.2, 0.25) is 0 Å². The van der Waals surface area contributed by atoms with Crippen molar-refractivity contribution in [1.29, 1.82) is 0 Å². The summed E-state index contributed by atoms with van der Waals surface area (Å²) in [6.07, 6.45) is 2.41. The molecule has 0 aliphatic rings.